The van der Waals surface area contributed by atoms with Crippen molar-refractivity contribution in [2.24, 2.45) is 0 Å². The van der Waals surface area contributed by atoms with Gasteiger partial charge in [0.1, 0.15) is 16.6 Å². The lowest BCUT2D eigenvalue weighted by molar-refractivity contribution is 0.102. The van der Waals surface area contributed by atoms with Crippen molar-refractivity contribution in [2.45, 2.75) is 6.92 Å². The molecule has 0 fully saturated rings. The van der Waals surface area contributed by atoms with Crippen LogP contribution in [0.1, 0.15) is 16.1 Å². The number of carbonyl (C=O) groups is 1. The standard InChI is InChI=1S/C23H15Cl2N7O2S/c1-11-5-13(14-6-19(25)28-10-18(14)34-2)15(8-26-11)21(33)32-23-31-20-22(35-23)30-17(9-29-20)16-4-3-12(24)7-27-16/h3-10H,1-2H3,(H,29,31,32,33). The third kappa shape index (κ3) is 4.76. The highest BCUT2D eigenvalue weighted by atomic mass is 35.5. The highest BCUT2D eigenvalue weighted by Crippen LogP contribution is 2.34. The second-order valence-corrected chi connectivity index (χ2v) is 9.10. The summed E-state index contributed by atoms with van der Waals surface area (Å²) in [6, 6.07) is 6.92. The predicted molar refractivity (Wildman–Crippen MR) is 135 cm³/mol. The van der Waals surface area contributed by atoms with Crippen LogP contribution < -0.4 is 10.1 Å². The third-order valence-corrected chi connectivity index (χ3v) is 6.25. The first-order valence-corrected chi connectivity index (χ1v) is 11.7. The largest absolute Gasteiger partial charge is 0.494 e. The maximum atomic E-state index is 13.3. The number of methoxy groups -OCH3 is 1. The number of anilines is 1. The first-order valence-electron chi connectivity index (χ1n) is 10.1. The quantitative estimate of drug-likeness (QED) is 0.301. The van der Waals surface area contributed by atoms with E-state index in [9.17, 15) is 4.79 Å². The van der Waals surface area contributed by atoms with Crippen molar-refractivity contribution in [3.05, 3.63) is 70.5 Å². The fraction of sp³-hybridized carbons (Fsp3) is 0.0870. The molecule has 0 unspecified atom stereocenters. The van der Waals surface area contributed by atoms with Gasteiger partial charge in [-0.2, -0.15) is 4.98 Å². The van der Waals surface area contributed by atoms with Crippen LogP contribution in [0.3, 0.4) is 0 Å². The molecule has 174 valence electrons. The van der Waals surface area contributed by atoms with Crippen molar-refractivity contribution in [2.75, 3.05) is 12.4 Å². The van der Waals surface area contributed by atoms with E-state index in [2.05, 4.69) is 35.2 Å². The number of rotatable bonds is 5. The Kier molecular flexibility index (Phi) is 6.25. The second kappa shape index (κ2) is 9.49. The molecule has 5 aromatic heterocycles. The number of hydrogen-bond acceptors (Lipinski definition) is 9. The van der Waals surface area contributed by atoms with E-state index in [1.807, 2.05) is 6.92 Å². The van der Waals surface area contributed by atoms with Gasteiger partial charge >= 0.3 is 0 Å². The lowest BCUT2D eigenvalue weighted by Crippen LogP contribution is -2.14. The number of hydrogen-bond donors (Lipinski definition) is 1. The maximum absolute atomic E-state index is 13.3. The SMILES string of the molecule is COc1cnc(Cl)cc1-c1cc(C)ncc1C(=O)Nc1nc2ncc(-c3ccc(Cl)cn3)nc2s1. The first kappa shape index (κ1) is 23.0. The molecule has 0 radical (unpaired) electrons. The van der Waals surface area contributed by atoms with Crippen LogP contribution >= 0.6 is 34.5 Å². The van der Waals surface area contributed by atoms with Crippen molar-refractivity contribution in [1.82, 2.24) is 29.9 Å². The summed E-state index contributed by atoms with van der Waals surface area (Å²) in [7, 11) is 1.52. The molecule has 5 aromatic rings. The number of halogens is 2. The number of nitrogens with zero attached hydrogens (tertiary/aromatic N) is 6. The summed E-state index contributed by atoms with van der Waals surface area (Å²) in [6.07, 6.45) is 6.12. The van der Waals surface area contributed by atoms with Gasteiger partial charge in [0.2, 0.25) is 0 Å². The number of amides is 1. The van der Waals surface area contributed by atoms with Crippen LogP contribution in [0.25, 0.3) is 33.0 Å². The van der Waals surface area contributed by atoms with Crippen molar-refractivity contribution in [3.8, 4) is 28.3 Å². The van der Waals surface area contributed by atoms with Gasteiger partial charge in [-0.25, -0.2) is 15.0 Å². The fourth-order valence-corrected chi connectivity index (χ4v) is 4.41. The second-order valence-electron chi connectivity index (χ2n) is 7.30. The fourth-order valence-electron chi connectivity index (χ4n) is 3.34. The van der Waals surface area contributed by atoms with Crippen LogP contribution in [0, 0.1) is 6.92 Å². The van der Waals surface area contributed by atoms with Gasteiger partial charge in [-0.3, -0.25) is 20.1 Å². The van der Waals surface area contributed by atoms with Crippen molar-refractivity contribution < 1.29 is 9.53 Å². The van der Waals surface area contributed by atoms with E-state index in [1.54, 1.807) is 36.7 Å². The summed E-state index contributed by atoms with van der Waals surface area (Å²) >= 11 is 13.2. The normalized spacial score (nSPS) is 11.0. The van der Waals surface area contributed by atoms with E-state index in [0.29, 0.717) is 54.5 Å². The Labute approximate surface area is 213 Å². The van der Waals surface area contributed by atoms with Crippen molar-refractivity contribution in [1.29, 1.82) is 0 Å². The summed E-state index contributed by atoms with van der Waals surface area (Å²) in [5.41, 5.74) is 3.88. The number of pyridine rings is 3. The molecule has 5 heterocycles. The number of nitrogens with one attached hydrogen (secondary N) is 1. The minimum Gasteiger partial charge on any atom is -0.494 e. The zero-order chi connectivity index (χ0) is 24.5. The van der Waals surface area contributed by atoms with Gasteiger partial charge in [-0.05, 0) is 31.2 Å². The lowest BCUT2D eigenvalue weighted by atomic mass is 10.0. The molecular weight excluding hydrogens is 509 g/mol. The minimum absolute atomic E-state index is 0.274. The summed E-state index contributed by atoms with van der Waals surface area (Å²) in [6.45, 7) is 1.83. The zero-order valence-electron chi connectivity index (χ0n) is 18.3. The Morgan fingerprint density at radius 1 is 0.943 bits per heavy atom. The monoisotopic (exact) mass is 523 g/mol. The van der Waals surface area contributed by atoms with Crippen molar-refractivity contribution in [3.63, 3.8) is 0 Å². The van der Waals surface area contributed by atoms with E-state index in [1.165, 1.54) is 30.8 Å². The van der Waals surface area contributed by atoms with Gasteiger partial charge in [-0.15, -0.1) is 0 Å². The molecule has 0 spiro atoms. The molecule has 0 saturated heterocycles. The Morgan fingerprint density at radius 3 is 2.57 bits per heavy atom. The van der Waals surface area contributed by atoms with E-state index in [-0.39, 0.29) is 5.15 Å². The van der Waals surface area contributed by atoms with Crippen LogP contribution in [0.2, 0.25) is 10.2 Å². The Balaban J connectivity index is 1.48. The van der Waals surface area contributed by atoms with Gasteiger partial charge in [0, 0.05) is 29.2 Å². The van der Waals surface area contributed by atoms with Gasteiger partial charge in [0.05, 0.1) is 35.8 Å². The molecule has 9 nitrogen and oxygen atoms in total. The van der Waals surface area contributed by atoms with E-state index >= 15 is 0 Å². The molecule has 1 N–H and O–H groups in total. The van der Waals surface area contributed by atoms with Gasteiger partial charge in [0.25, 0.3) is 5.91 Å². The van der Waals surface area contributed by atoms with Gasteiger partial charge < -0.3 is 4.74 Å². The molecule has 0 aliphatic carbocycles. The average molecular weight is 524 g/mol. The van der Waals surface area contributed by atoms with E-state index < -0.39 is 5.91 Å². The Bertz CT molecular complexity index is 1570. The highest BCUT2D eigenvalue weighted by molar-refractivity contribution is 7.21. The highest BCUT2D eigenvalue weighted by Gasteiger charge is 2.20. The summed E-state index contributed by atoms with van der Waals surface area (Å²) in [5, 5.41) is 3.97. The molecule has 0 atom stereocenters. The van der Waals surface area contributed by atoms with E-state index in [4.69, 9.17) is 27.9 Å². The molecule has 0 aliphatic heterocycles. The van der Waals surface area contributed by atoms with Crippen LogP contribution in [0.5, 0.6) is 5.75 Å². The molecule has 35 heavy (non-hydrogen) atoms. The van der Waals surface area contributed by atoms with E-state index in [0.717, 1.165) is 5.69 Å². The molecule has 0 aliphatic rings. The summed E-state index contributed by atoms with van der Waals surface area (Å²) in [5.74, 6) is 0.0758. The molecular formula is C23H15Cl2N7O2S. The van der Waals surface area contributed by atoms with Crippen LogP contribution in [-0.2, 0) is 0 Å². The van der Waals surface area contributed by atoms with Crippen LogP contribution in [-0.4, -0.2) is 42.9 Å². The predicted octanol–water partition coefficient (Wildman–Crippen LogP) is 5.48. The topological polar surface area (TPSA) is 116 Å². The number of ether oxygens (including phenoxy) is 1. The number of fused-ring (bicyclic) bond motifs is 1. The minimum atomic E-state index is -0.402. The molecule has 0 aromatic carbocycles. The molecule has 0 bridgehead atoms. The first-order chi connectivity index (χ1) is 16.9. The lowest BCUT2D eigenvalue weighted by Gasteiger charge is -2.13. The number of aryl methyl sites for hydroxylation is 1. The van der Waals surface area contributed by atoms with Gasteiger partial charge in [0.15, 0.2) is 15.6 Å². The summed E-state index contributed by atoms with van der Waals surface area (Å²) in [4.78, 5) is 39.7. The Hall–Kier alpha value is -3.73. The molecule has 5 rings (SSSR count). The third-order valence-electron chi connectivity index (χ3n) is 4.96. The average Bonchev–Trinajstić information content (AvgIpc) is 3.25. The maximum Gasteiger partial charge on any atom is 0.259 e. The van der Waals surface area contributed by atoms with Crippen LogP contribution in [0.15, 0.2) is 49.1 Å². The summed E-state index contributed by atoms with van der Waals surface area (Å²) < 4.78 is 5.43. The van der Waals surface area contributed by atoms with Gasteiger partial charge in [-0.1, -0.05) is 34.5 Å². The van der Waals surface area contributed by atoms with Crippen molar-refractivity contribution >= 4 is 56.1 Å². The number of carbonyl (C=O) groups excluding carboxylic acids is 1. The molecule has 0 saturated carbocycles. The van der Waals surface area contributed by atoms with Crippen LogP contribution in [0.4, 0.5) is 5.13 Å². The number of thiazole rings is 1. The number of aromatic nitrogens is 6. The zero-order valence-corrected chi connectivity index (χ0v) is 20.6. The Morgan fingerprint density at radius 2 is 1.80 bits per heavy atom. The smallest absolute Gasteiger partial charge is 0.259 e. The molecule has 1 amide bonds. The molecule has 12 heteroatoms.